The van der Waals surface area contributed by atoms with Gasteiger partial charge in [-0.25, -0.2) is 13.1 Å². The first-order valence-corrected chi connectivity index (χ1v) is 5.92. The van der Waals surface area contributed by atoms with E-state index in [1.807, 2.05) is 0 Å². The number of nitrogens with two attached hydrogens (primary N) is 1. The van der Waals surface area contributed by atoms with E-state index in [0.717, 1.165) is 6.20 Å². The van der Waals surface area contributed by atoms with Crippen molar-refractivity contribution >= 4 is 15.8 Å². The summed E-state index contributed by atoms with van der Waals surface area (Å²) in [4.78, 5) is -0.106. The monoisotopic (exact) mass is 234 g/mol. The average Bonchev–Trinajstić information content (AvgIpc) is 2.61. The molecule has 0 saturated carbocycles. The Hall–Kier alpha value is -1.12. The Morgan fingerprint density at radius 3 is 2.87 bits per heavy atom. The van der Waals surface area contributed by atoms with Crippen molar-refractivity contribution in [1.82, 2.24) is 14.9 Å². The van der Waals surface area contributed by atoms with Crippen molar-refractivity contribution in [2.75, 3.05) is 12.3 Å². The van der Waals surface area contributed by atoms with Crippen LogP contribution in [0.1, 0.15) is 13.3 Å². The van der Waals surface area contributed by atoms with E-state index in [4.69, 9.17) is 5.73 Å². The van der Waals surface area contributed by atoms with Crippen LogP contribution in [-0.2, 0) is 10.0 Å². The van der Waals surface area contributed by atoms with E-state index in [0.29, 0.717) is 6.42 Å². The Balaban J connectivity index is 2.73. The lowest BCUT2D eigenvalue weighted by Gasteiger charge is -2.09. The van der Waals surface area contributed by atoms with Crippen molar-refractivity contribution in [1.29, 1.82) is 0 Å². The number of aromatic amines is 1. The fraction of sp³-hybridized carbons (Fsp3) is 0.571. The number of nitrogen functional groups attached to an aromatic ring is 1. The molecule has 1 heterocycles. The topological polar surface area (TPSA) is 121 Å². The Morgan fingerprint density at radius 1 is 1.73 bits per heavy atom. The number of rotatable bonds is 5. The third-order valence-corrected chi connectivity index (χ3v) is 3.35. The molecule has 1 atom stereocenters. The minimum absolute atomic E-state index is 0.0199. The molecule has 1 rings (SSSR count). The van der Waals surface area contributed by atoms with Crippen LogP contribution in [-0.4, -0.2) is 36.4 Å². The van der Waals surface area contributed by atoms with Gasteiger partial charge in [0.05, 0.1) is 12.3 Å². The number of anilines is 1. The van der Waals surface area contributed by atoms with Crippen molar-refractivity contribution in [3.8, 4) is 0 Å². The number of aliphatic hydroxyl groups is 1. The Bertz CT molecular complexity index is 414. The van der Waals surface area contributed by atoms with E-state index in [-0.39, 0.29) is 17.3 Å². The quantitative estimate of drug-likeness (QED) is 0.523. The average molecular weight is 234 g/mol. The maximum atomic E-state index is 11.6. The summed E-state index contributed by atoms with van der Waals surface area (Å²) in [7, 11) is -3.68. The van der Waals surface area contributed by atoms with Crippen LogP contribution >= 0.6 is 0 Å². The van der Waals surface area contributed by atoms with Gasteiger partial charge in [-0.1, -0.05) is 6.92 Å². The van der Waals surface area contributed by atoms with Gasteiger partial charge in [0, 0.05) is 6.54 Å². The predicted octanol–water partition coefficient (Wildman–Crippen LogP) is -0.959. The van der Waals surface area contributed by atoms with Gasteiger partial charge < -0.3 is 10.8 Å². The van der Waals surface area contributed by atoms with Crippen molar-refractivity contribution in [2.45, 2.75) is 24.3 Å². The zero-order valence-corrected chi connectivity index (χ0v) is 9.08. The molecule has 0 aliphatic carbocycles. The normalized spacial score (nSPS) is 14.0. The summed E-state index contributed by atoms with van der Waals surface area (Å²) in [5.74, 6) is -0.0199. The Kier molecular flexibility index (Phi) is 3.66. The lowest BCUT2D eigenvalue weighted by atomic mass is 10.3. The number of aliphatic hydroxyl groups excluding tert-OH is 1. The third kappa shape index (κ3) is 2.91. The van der Waals surface area contributed by atoms with Gasteiger partial charge in [-0.3, -0.25) is 5.10 Å². The van der Waals surface area contributed by atoms with Gasteiger partial charge in [-0.15, -0.1) is 0 Å². The molecular weight excluding hydrogens is 220 g/mol. The first kappa shape index (κ1) is 12.0. The van der Waals surface area contributed by atoms with Crippen molar-refractivity contribution < 1.29 is 13.5 Å². The predicted molar refractivity (Wildman–Crippen MR) is 54.5 cm³/mol. The highest BCUT2D eigenvalue weighted by Crippen LogP contribution is 2.13. The van der Waals surface area contributed by atoms with Crippen LogP contribution in [0.15, 0.2) is 11.1 Å². The second kappa shape index (κ2) is 4.60. The van der Waals surface area contributed by atoms with E-state index in [9.17, 15) is 13.5 Å². The number of H-pyrrole nitrogens is 1. The van der Waals surface area contributed by atoms with Crippen LogP contribution in [0.5, 0.6) is 0 Å². The molecule has 0 fully saturated rings. The van der Waals surface area contributed by atoms with E-state index in [1.54, 1.807) is 6.92 Å². The standard InChI is InChI=1S/C7H14N4O3S/c1-2-5(12)3-10-15(13,14)6-4-9-11-7(6)8/h4-5,10,12H,2-3H2,1H3,(H3,8,9,11). The summed E-state index contributed by atoms with van der Waals surface area (Å²) in [5, 5.41) is 15.0. The number of sulfonamides is 1. The van der Waals surface area contributed by atoms with E-state index >= 15 is 0 Å². The van der Waals surface area contributed by atoms with E-state index in [1.165, 1.54) is 0 Å². The molecule has 1 unspecified atom stereocenters. The molecule has 0 aliphatic rings. The van der Waals surface area contributed by atoms with Gasteiger partial charge in [-0.2, -0.15) is 5.10 Å². The molecule has 0 amide bonds. The van der Waals surface area contributed by atoms with Crippen LogP contribution < -0.4 is 10.5 Å². The molecule has 15 heavy (non-hydrogen) atoms. The largest absolute Gasteiger partial charge is 0.392 e. The van der Waals surface area contributed by atoms with Crippen LogP contribution in [0.3, 0.4) is 0 Å². The molecule has 0 aromatic carbocycles. The van der Waals surface area contributed by atoms with Crippen LogP contribution in [0, 0.1) is 0 Å². The number of nitrogens with zero attached hydrogens (tertiary/aromatic N) is 1. The third-order valence-electron chi connectivity index (χ3n) is 1.90. The fourth-order valence-corrected chi connectivity index (χ4v) is 2.02. The second-order valence-electron chi connectivity index (χ2n) is 3.06. The minimum atomic E-state index is -3.68. The Labute approximate surface area is 87.7 Å². The summed E-state index contributed by atoms with van der Waals surface area (Å²) in [6.45, 7) is 1.72. The summed E-state index contributed by atoms with van der Waals surface area (Å²) < 4.78 is 25.4. The zero-order valence-electron chi connectivity index (χ0n) is 8.27. The SMILES string of the molecule is CCC(O)CNS(=O)(=O)c1cn[nH]c1N. The van der Waals surface area contributed by atoms with Crippen molar-refractivity contribution in [3.05, 3.63) is 6.20 Å². The van der Waals surface area contributed by atoms with Gasteiger partial charge >= 0.3 is 0 Å². The first-order valence-electron chi connectivity index (χ1n) is 4.44. The van der Waals surface area contributed by atoms with Gasteiger partial charge in [0.15, 0.2) is 0 Å². The van der Waals surface area contributed by atoms with Gasteiger partial charge in [0.2, 0.25) is 10.0 Å². The molecule has 0 saturated heterocycles. The maximum Gasteiger partial charge on any atom is 0.245 e. The highest BCUT2D eigenvalue weighted by molar-refractivity contribution is 7.89. The lowest BCUT2D eigenvalue weighted by Crippen LogP contribution is -2.31. The summed E-state index contributed by atoms with van der Waals surface area (Å²) >= 11 is 0. The molecule has 7 nitrogen and oxygen atoms in total. The highest BCUT2D eigenvalue weighted by Gasteiger charge is 2.19. The molecule has 86 valence electrons. The number of hydrogen-bond acceptors (Lipinski definition) is 5. The minimum Gasteiger partial charge on any atom is -0.392 e. The fourth-order valence-electron chi connectivity index (χ4n) is 0.927. The smallest absolute Gasteiger partial charge is 0.245 e. The van der Waals surface area contributed by atoms with Crippen LogP contribution in [0.2, 0.25) is 0 Å². The molecule has 1 aromatic heterocycles. The second-order valence-corrected chi connectivity index (χ2v) is 4.80. The van der Waals surface area contributed by atoms with Gasteiger partial charge in [-0.05, 0) is 6.42 Å². The molecule has 0 aliphatic heterocycles. The molecule has 0 bridgehead atoms. The van der Waals surface area contributed by atoms with E-state index in [2.05, 4.69) is 14.9 Å². The first-order chi connectivity index (χ1) is 6.97. The molecule has 8 heteroatoms. The molecular formula is C7H14N4O3S. The lowest BCUT2D eigenvalue weighted by molar-refractivity contribution is 0.174. The molecule has 0 radical (unpaired) electrons. The highest BCUT2D eigenvalue weighted by atomic mass is 32.2. The van der Waals surface area contributed by atoms with Gasteiger partial charge in [0.1, 0.15) is 10.7 Å². The number of hydrogen-bond donors (Lipinski definition) is 4. The number of aromatic nitrogens is 2. The molecule has 1 aromatic rings. The van der Waals surface area contributed by atoms with Crippen LogP contribution in [0.25, 0.3) is 0 Å². The van der Waals surface area contributed by atoms with Crippen molar-refractivity contribution in [3.63, 3.8) is 0 Å². The summed E-state index contributed by atoms with van der Waals surface area (Å²) in [5.41, 5.74) is 5.37. The molecule has 5 N–H and O–H groups in total. The maximum absolute atomic E-state index is 11.6. The van der Waals surface area contributed by atoms with Crippen molar-refractivity contribution in [2.24, 2.45) is 0 Å². The summed E-state index contributed by atoms with van der Waals surface area (Å²) in [6.07, 6.45) is 0.896. The summed E-state index contributed by atoms with van der Waals surface area (Å²) in [6, 6.07) is 0. The Morgan fingerprint density at radius 2 is 2.40 bits per heavy atom. The van der Waals surface area contributed by atoms with Crippen LogP contribution in [0.4, 0.5) is 5.82 Å². The number of nitrogens with one attached hydrogen (secondary N) is 2. The van der Waals surface area contributed by atoms with E-state index < -0.39 is 16.1 Å². The zero-order chi connectivity index (χ0) is 11.5. The molecule has 0 spiro atoms. The van der Waals surface area contributed by atoms with Gasteiger partial charge in [0.25, 0.3) is 0 Å².